The summed E-state index contributed by atoms with van der Waals surface area (Å²) in [4.78, 5) is 40.2. The number of hydrogen-bond acceptors (Lipinski definition) is 6. The van der Waals surface area contributed by atoms with Gasteiger partial charge in [0.1, 0.15) is 6.04 Å². The molecule has 26 heavy (non-hydrogen) atoms. The highest BCUT2D eigenvalue weighted by molar-refractivity contribution is 7.99. The molecule has 0 aromatic carbocycles. The Labute approximate surface area is 156 Å². The fraction of sp³-hybridized carbons (Fsp3) is 0.588. The molecule has 0 aliphatic carbocycles. The molecule has 2 fully saturated rings. The highest BCUT2D eigenvalue weighted by Gasteiger charge is 2.38. The summed E-state index contributed by atoms with van der Waals surface area (Å²) < 4.78 is 10.3. The van der Waals surface area contributed by atoms with Crippen LogP contribution in [0.1, 0.15) is 29.5 Å². The van der Waals surface area contributed by atoms with Crippen LogP contribution in [0.25, 0.3) is 0 Å². The number of carbonyl (C=O) groups excluding carboxylic acids is 3. The Kier molecular flexibility index (Phi) is 5.87. The topological polar surface area (TPSA) is 92.1 Å². The van der Waals surface area contributed by atoms with Crippen LogP contribution >= 0.6 is 11.8 Å². The average molecular weight is 381 g/mol. The second kappa shape index (κ2) is 8.13. The van der Waals surface area contributed by atoms with Crippen molar-refractivity contribution >= 4 is 29.5 Å². The minimum atomic E-state index is -0.398. The SMILES string of the molecule is COCc1ccoc1C(=O)N[C@H]1CCN(C(=O)[C@@H]2CSCN2C(C)=O)C1. The molecule has 2 aliphatic heterocycles. The smallest absolute Gasteiger partial charge is 0.287 e. The van der Waals surface area contributed by atoms with E-state index in [1.807, 2.05) is 0 Å². The van der Waals surface area contributed by atoms with Crippen molar-refractivity contribution in [1.29, 1.82) is 0 Å². The molecule has 2 atom stereocenters. The molecule has 2 saturated heterocycles. The van der Waals surface area contributed by atoms with Crippen molar-refractivity contribution in [3.05, 3.63) is 23.7 Å². The van der Waals surface area contributed by atoms with Gasteiger partial charge in [-0.05, 0) is 12.5 Å². The molecule has 0 saturated carbocycles. The lowest BCUT2D eigenvalue weighted by atomic mass is 10.2. The number of likely N-dealkylation sites (tertiary alicyclic amines) is 1. The number of rotatable bonds is 5. The molecule has 3 amide bonds. The average Bonchev–Trinajstić information content (AvgIpc) is 3.34. The Bertz CT molecular complexity index is 692. The van der Waals surface area contributed by atoms with E-state index in [0.717, 1.165) is 0 Å². The lowest BCUT2D eigenvalue weighted by Gasteiger charge is -2.26. The molecule has 0 bridgehead atoms. The van der Waals surface area contributed by atoms with E-state index in [-0.39, 0.29) is 29.5 Å². The number of amides is 3. The van der Waals surface area contributed by atoms with E-state index in [1.54, 1.807) is 34.7 Å². The van der Waals surface area contributed by atoms with Crippen LogP contribution in [0, 0.1) is 0 Å². The van der Waals surface area contributed by atoms with Gasteiger partial charge in [0.05, 0.1) is 18.7 Å². The minimum Gasteiger partial charge on any atom is -0.459 e. The Balaban J connectivity index is 1.57. The Morgan fingerprint density at radius 2 is 2.23 bits per heavy atom. The maximum absolute atomic E-state index is 12.7. The van der Waals surface area contributed by atoms with Gasteiger partial charge in [0, 0.05) is 44.5 Å². The summed E-state index contributed by atoms with van der Waals surface area (Å²) in [5.74, 6) is 0.995. The van der Waals surface area contributed by atoms with E-state index in [1.165, 1.54) is 13.2 Å². The summed E-state index contributed by atoms with van der Waals surface area (Å²) in [6, 6.07) is 1.17. The van der Waals surface area contributed by atoms with Gasteiger partial charge in [-0.3, -0.25) is 14.4 Å². The zero-order chi connectivity index (χ0) is 18.7. The van der Waals surface area contributed by atoms with Crippen LogP contribution in [0.4, 0.5) is 0 Å². The first-order chi connectivity index (χ1) is 12.5. The molecule has 0 spiro atoms. The van der Waals surface area contributed by atoms with E-state index < -0.39 is 6.04 Å². The molecule has 3 rings (SSSR count). The van der Waals surface area contributed by atoms with Crippen molar-refractivity contribution < 1.29 is 23.5 Å². The summed E-state index contributed by atoms with van der Waals surface area (Å²) in [5, 5.41) is 2.92. The first-order valence-electron chi connectivity index (χ1n) is 8.51. The van der Waals surface area contributed by atoms with Crippen LogP contribution < -0.4 is 5.32 Å². The van der Waals surface area contributed by atoms with Crippen LogP contribution in [-0.2, 0) is 20.9 Å². The Morgan fingerprint density at radius 1 is 1.42 bits per heavy atom. The van der Waals surface area contributed by atoms with Gasteiger partial charge in [-0.15, -0.1) is 11.8 Å². The second-order valence-corrected chi connectivity index (χ2v) is 7.46. The number of furan rings is 1. The molecular formula is C17H23N3O5S. The lowest BCUT2D eigenvalue weighted by molar-refractivity contribution is -0.141. The van der Waals surface area contributed by atoms with Crippen molar-refractivity contribution in [3.63, 3.8) is 0 Å². The summed E-state index contributed by atoms with van der Waals surface area (Å²) in [5.41, 5.74) is 0.691. The zero-order valence-corrected chi connectivity index (χ0v) is 15.7. The Hall–Kier alpha value is -2.00. The maximum Gasteiger partial charge on any atom is 0.287 e. The molecule has 0 radical (unpaired) electrons. The molecule has 1 N–H and O–H groups in total. The van der Waals surface area contributed by atoms with Gasteiger partial charge in [0.25, 0.3) is 5.91 Å². The van der Waals surface area contributed by atoms with Gasteiger partial charge in [0.2, 0.25) is 11.8 Å². The predicted molar refractivity (Wildman–Crippen MR) is 95.5 cm³/mol. The van der Waals surface area contributed by atoms with Gasteiger partial charge in [-0.2, -0.15) is 0 Å². The first kappa shape index (κ1) is 18.8. The minimum absolute atomic E-state index is 0.0416. The number of nitrogens with zero attached hydrogens (tertiary/aromatic N) is 2. The lowest BCUT2D eigenvalue weighted by Crippen LogP contribution is -2.48. The maximum atomic E-state index is 12.7. The summed E-state index contributed by atoms with van der Waals surface area (Å²) >= 11 is 1.59. The van der Waals surface area contributed by atoms with E-state index in [2.05, 4.69) is 5.32 Å². The van der Waals surface area contributed by atoms with Gasteiger partial charge < -0.3 is 24.3 Å². The second-order valence-electron chi connectivity index (χ2n) is 6.46. The quantitative estimate of drug-likeness (QED) is 0.806. The van der Waals surface area contributed by atoms with Gasteiger partial charge >= 0.3 is 0 Å². The molecule has 3 heterocycles. The van der Waals surface area contributed by atoms with Crippen molar-refractivity contribution in [1.82, 2.24) is 15.1 Å². The molecule has 1 aromatic rings. The zero-order valence-electron chi connectivity index (χ0n) is 14.9. The van der Waals surface area contributed by atoms with Crippen LogP contribution in [0.2, 0.25) is 0 Å². The molecular weight excluding hydrogens is 358 g/mol. The van der Waals surface area contributed by atoms with E-state index in [4.69, 9.17) is 9.15 Å². The van der Waals surface area contributed by atoms with Crippen molar-refractivity contribution in [3.8, 4) is 0 Å². The van der Waals surface area contributed by atoms with E-state index in [9.17, 15) is 14.4 Å². The van der Waals surface area contributed by atoms with Crippen molar-refractivity contribution in [2.45, 2.75) is 32.0 Å². The fourth-order valence-electron chi connectivity index (χ4n) is 3.30. The van der Waals surface area contributed by atoms with Crippen LogP contribution in [0.3, 0.4) is 0 Å². The van der Waals surface area contributed by atoms with Gasteiger partial charge in [0.15, 0.2) is 5.76 Å². The molecule has 142 valence electrons. The number of hydrogen-bond donors (Lipinski definition) is 1. The first-order valence-corrected chi connectivity index (χ1v) is 9.66. The van der Waals surface area contributed by atoms with Crippen LogP contribution in [0.15, 0.2) is 16.7 Å². The molecule has 0 unspecified atom stereocenters. The third-order valence-corrected chi connectivity index (χ3v) is 5.67. The predicted octanol–water partition coefficient (Wildman–Crippen LogP) is 0.678. The molecule has 8 nitrogen and oxygen atoms in total. The van der Waals surface area contributed by atoms with Crippen LogP contribution in [-0.4, -0.2) is 71.4 Å². The van der Waals surface area contributed by atoms with Gasteiger partial charge in [-0.25, -0.2) is 0 Å². The monoisotopic (exact) mass is 381 g/mol. The third-order valence-electron chi connectivity index (χ3n) is 4.66. The van der Waals surface area contributed by atoms with E-state index >= 15 is 0 Å². The highest BCUT2D eigenvalue weighted by atomic mass is 32.2. The molecule has 2 aliphatic rings. The molecule has 1 aromatic heterocycles. The number of nitrogens with one attached hydrogen (secondary N) is 1. The van der Waals surface area contributed by atoms with Crippen molar-refractivity contribution in [2.24, 2.45) is 0 Å². The summed E-state index contributed by atoms with van der Waals surface area (Å²) in [7, 11) is 1.56. The largest absolute Gasteiger partial charge is 0.459 e. The normalized spacial score (nSPS) is 22.7. The number of methoxy groups -OCH3 is 1. The van der Waals surface area contributed by atoms with E-state index in [0.29, 0.717) is 43.3 Å². The summed E-state index contributed by atoms with van der Waals surface area (Å²) in [6.45, 7) is 2.80. The number of thioether (sulfide) groups is 1. The third kappa shape index (κ3) is 3.88. The standard InChI is InChI=1S/C17H23N3O5S/c1-11(21)20-10-26-9-14(20)17(23)19-5-3-13(7-19)18-16(22)15-12(8-24-2)4-6-25-15/h4,6,13-14H,3,5,7-10H2,1-2H3,(H,18,22)/t13-,14-/m0/s1. The Morgan fingerprint density at radius 3 is 2.96 bits per heavy atom. The molecule has 9 heteroatoms. The van der Waals surface area contributed by atoms with Gasteiger partial charge in [-0.1, -0.05) is 0 Å². The summed E-state index contributed by atoms with van der Waals surface area (Å²) in [6.07, 6.45) is 2.14. The number of ether oxygens (including phenoxy) is 1. The fourth-order valence-corrected chi connectivity index (χ4v) is 4.51. The van der Waals surface area contributed by atoms with Crippen molar-refractivity contribution in [2.75, 3.05) is 31.8 Å². The highest BCUT2D eigenvalue weighted by Crippen LogP contribution is 2.24. The van der Waals surface area contributed by atoms with Crippen LogP contribution in [0.5, 0.6) is 0 Å². The number of carbonyl (C=O) groups is 3.